The molecule has 0 bridgehead atoms. The van der Waals surface area contributed by atoms with E-state index in [0.717, 1.165) is 6.92 Å². The summed E-state index contributed by atoms with van der Waals surface area (Å²) in [6.45, 7) is 2.30. The van der Waals surface area contributed by atoms with E-state index in [2.05, 4.69) is 15.6 Å². The van der Waals surface area contributed by atoms with Crippen molar-refractivity contribution in [3.63, 3.8) is 0 Å². The molecule has 27 heavy (non-hydrogen) atoms. The lowest BCUT2D eigenvalue weighted by Gasteiger charge is -2.34. The minimum absolute atomic E-state index is 0.139. The number of anilines is 1. The van der Waals surface area contributed by atoms with Crippen molar-refractivity contribution in [1.82, 2.24) is 15.3 Å². The Morgan fingerprint density at radius 1 is 1.15 bits per heavy atom. The first-order chi connectivity index (χ1) is 12.3. The molecule has 2 saturated heterocycles. The molecule has 0 radical (unpaired) electrons. The number of nitrogens with zero attached hydrogens (tertiary/aromatic N) is 3. The maximum atomic E-state index is 13.7. The molecule has 0 saturated carbocycles. The van der Waals surface area contributed by atoms with Gasteiger partial charge in [0.2, 0.25) is 0 Å². The van der Waals surface area contributed by atoms with Crippen molar-refractivity contribution in [2.75, 3.05) is 5.32 Å². The van der Waals surface area contributed by atoms with Gasteiger partial charge in [-0.25, -0.2) is 32.9 Å². The van der Waals surface area contributed by atoms with Gasteiger partial charge in [-0.05, 0) is 19.1 Å². The lowest BCUT2D eigenvalue weighted by atomic mass is 10.1. The van der Waals surface area contributed by atoms with Crippen LogP contribution in [0.5, 0.6) is 0 Å². The second-order valence-electron chi connectivity index (χ2n) is 6.52. The molecule has 1 aromatic carbocycles. The van der Waals surface area contributed by atoms with E-state index in [1.54, 1.807) is 6.92 Å². The minimum atomic E-state index is -5.18. The maximum absolute atomic E-state index is 13.7. The van der Waals surface area contributed by atoms with Gasteiger partial charge in [0.15, 0.2) is 6.17 Å². The summed E-state index contributed by atoms with van der Waals surface area (Å²) in [7, 11) is 0. The Morgan fingerprint density at radius 3 is 2.26 bits per heavy atom. The Morgan fingerprint density at radius 2 is 1.74 bits per heavy atom. The van der Waals surface area contributed by atoms with E-state index in [0.29, 0.717) is 17.8 Å². The first-order valence-corrected chi connectivity index (χ1v) is 7.71. The SMILES string of the molecule is CC1=N[C@]23NC(C(C)(F)F)[N@@]2N3C(Nc2cc(F)c(C(F)(F)F)c(F)c2)=C1. The zero-order valence-electron chi connectivity index (χ0n) is 13.8. The van der Waals surface area contributed by atoms with Gasteiger partial charge in [0, 0.05) is 24.4 Å². The molecular weight excluding hydrogens is 383 g/mol. The number of nitrogens with one attached hydrogen (secondary N) is 2. The highest BCUT2D eigenvalue weighted by molar-refractivity contribution is 5.95. The van der Waals surface area contributed by atoms with Crippen molar-refractivity contribution in [2.45, 2.75) is 38.0 Å². The van der Waals surface area contributed by atoms with Crippen LogP contribution < -0.4 is 10.6 Å². The van der Waals surface area contributed by atoms with Crippen molar-refractivity contribution in [3.8, 4) is 0 Å². The third-order valence-corrected chi connectivity index (χ3v) is 4.35. The zero-order chi connectivity index (χ0) is 19.9. The van der Waals surface area contributed by atoms with Crippen LogP contribution in [-0.4, -0.2) is 33.7 Å². The fraction of sp³-hybridized carbons (Fsp3) is 0.400. The Bertz CT molecular complexity index is 865. The van der Waals surface area contributed by atoms with Gasteiger partial charge in [-0.3, -0.25) is 0 Å². The number of hydrogen-bond acceptors (Lipinski definition) is 5. The molecular formula is C15H12F7N5. The molecule has 1 aromatic rings. The Labute approximate surface area is 148 Å². The van der Waals surface area contributed by atoms with Crippen LogP contribution in [0.4, 0.5) is 36.4 Å². The second kappa shape index (κ2) is 5.13. The van der Waals surface area contributed by atoms with Gasteiger partial charge in [0.25, 0.3) is 11.8 Å². The number of aliphatic imine (C=N–C) groups is 1. The van der Waals surface area contributed by atoms with E-state index in [4.69, 9.17) is 0 Å². The lowest BCUT2D eigenvalue weighted by molar-refractivity contribution is -0.142. The summed E-state index contributed by atoms with van der Waals surface area (Å²) in [5, 5.41) is 7.69. The second-order valence-corrected chi connectivity index (χ2v) is 6.52. The highest BCUT2D eigenvalue weighted by Gasteiger charge is 2.80. The molecule has 0 amide bonds. The average Bonchev–Trinajstić information content (AvgIpc) is 2.93. The van der Waals surface area contributed by atoms with Crippen LogP contribution in [0.1, 0.15) is 19.4 Å². The molecule has 146 valence electrons. The van der Waals surface area contributed by atoms with Crippen LogP contribution in [0.15, 0.2) is 29.0 Å². The molecule has 2 N–H and O–H groups in total. The minimum Gasteiger partial charge on any atom is -0.340 e. The highest BCUT2D eigenvalue weighted by Crippen LogP contribution is 2.55. The molecule has 3 aliphatic heterocycles. The summed E-state index contributed by atoms with van der Waals surface area (Å²) >= 11 is 0. The topological polar surface area (TPSA) is 42.4 Å². The predicted molar refractivity (Wildman–Crippen MR) is 80.1 cm³/mol. The number of benzene rings is 1. The first kappa shape index (κ1) is 18.0. The number of hydrazine groups is 1. The Hall–Kier alpha value is -2.34. The molecule has 0 aliphatic carbocycles. The zero-order valence-corrected chi connectivity index (χ0v) is 13.8. The van der Waals surface area contributed by atoms with E-state index >= 15 is 0 Å². The van der Waals surface area contributed by atoms with Gasteiger partial charge < -0.3 is 5.32 Å². The third kappa shape index (κ3) is 2.57. The molecule has 5 nitrogen and oxygen atoms in total. The summed E-state index contributed by atoms with van der Waals surface area (Å²) in [6.07, 6.45) is -5.10. The van der Waals surface area contributed by atoms with Crippen molar-refractivity contribution in [2.24, 2.45) is 4.99 Å². The third-order valence-electron chi connectivity index (χ3n) is 4.35. The smallest absolute Gasteiger partial charge is 0.340 e. The summed E-state index contributed by atoms with van der Waals surface area (Å²) in [5.41, 5.74) is -1.88. The van der Waals surface area contributed by atoms with E-state index in [9.17, 15) is 30.7 Å². The van der Waals surface area contributed by atoms with Crippen molar-refractivity contribution in [1.29, 1.82) is 0 Å². The number of alkyl halides is 5. The number of hydrogen-bond donors (Lipinski definition) is 2. The van der Waals surface area contributed by atoms with Gasteiger partial charge in [0.05, 0.1) is 0 Å². The van der Waals surface area contributed by atoms with Crippen LogP contribution in [-0.2, 0) is 6.18 Å². The maximum Gasteiger partial charge on any atom is 0.422 e. The average molecular weight is 395 g/mol. The van der Waals surface area contributed by atoms with Crippen LogP contribution in [0.3, 0.4) is 0 Å². The largest absolute Gasteiger partial charge is 0.422 e. The first-order valence-electron chi connectivity index (χ1n) is 7.71. The molecule has 1 unspecified atom stereocenters. The molecule has 1 spiro atoms. The predicted octanol–water partition coefficient (Wildman–Crippen LogP) is 3.44. The van der Waals surface area contributed by atoms with Crippen molar-refractivity contribution < 1.29 is 30.7 Å². The van der Waals surface area contributed by atoms with Crippen LogP contribution >= 0.6 is 0 Å². The summed E-state index contributed by atoms with van der Waals surface area (Å²) < 4.78 is 92.6. The monoisotopic (exact) mass is 395 g/mol. The molecule has 0 aromatic heterocycles. The van der Waals surface area contributed by atoms with Gasteiger partial charge in [-0.2, -0.15) is 13.2 Å². The van der Waals surface area contributed by atoms with Crippen molar-refractivity contribution >= 4 is 11.4 Å². The summed E-state index contributed by atoms with van der Waals surface area (Å²) in [5.74, 6) is -7.74. The molecule has 3 heterocycles. The molecule has 2 fully saturated rings. The van der Waals surface area contributed by atoms with Crippen LogP contribution in [0.2, 0.25) is 0 Å². The Balaban J connectivity index is 1.62. The molecule has 12 heteroatoms. The number of halogens is 7. The number of fused-ring (bicyclic) bond motifs is 1. The fourth-order valence-electron chi connectivity index (χ4n) is 3.27. The highest BCUT2D eigenvalue weighted by atomic mass is 19.4. The van der Waals surface area contributed by atoms with E-state index in [1.807, 2.05) is 0 Å². The van der Waals surface area contributed by atoms with Crippen LogP contribution in [0, 0.1) is 11.6 Å². The molecule has 4 rings (SSSR count). The summed E-state index contributed by atoms with van der Waals surface area (Å²) in [6, 6.07) is 0.973. The van der Waals surface area contributed by atoms with E-state index in [-0.39, 0.29) is 11.5 Å². The number of rotatable bonds is 3. The van der Waals surface area contributed by atoms with Gasteiger partial charge in [-0.1, -0.05) is 0 Å². The normalized spacial score (nSPS) is 29.3. The Kier molecular flexibility index (Phi) is 3.43. The van der Waals surface area contributed by atoms with Gasteiger partial charge in [0.1, 0.15) is 23.0 Å². The van der Waals surface area contributed by atoms with Crippen LogP contribution in [0.25, 0.3) is 0 Å². The van der Waals surface area contributed by atoms with E-state index < -0.39 is 41.4 Å². The molecule has 3 atom stereocenters. The van der Waals surface area contributed by atoms with Crippen molar-refractivity contribution in [3.05, 3.63) is 41.2 Å². The number of allylic oxidation sites excluding steroid dienone is 1. The summed E-state index contributed by atoms with van der Waals surface area (Å²) in [4.78, 5) is 4.20. The van der Waals surface area contributed by atoms with Gasteiger partial charge in [-0.15, -0.1) is 5.01 Å². The molecule has 3 aliphatic rings. The van der Waals surface area contributed by atoms with E-state index in [1.165, 1.54) is 16.1 Å². The fourth-order valence-corrected chi connectivity index (χ4v) is 3.27. The lowest BCUT2D eigenvalue weighted by Crippen LogP contribution is -2.65. The quantitative estimate of drug-likeness (QED) is 0.608. The van der Waals surface area contributed by atoms with Gasteiger partial charge >= 0.3 is 6.18 Å². The standard InChI is InChI=1S/C15H12F7N5/c1-6-3-10(26-15(24-6)25-12(27(15)26)13(2,18)19)23-7-4-8(16)11(9(17)5-7)14(20,21)22/h3-5,12,23,25H,1-2H3/t12?,15-,26?,27-/m1/s1.